The van der Waals surface area contributed by atoms with E-state index in [1.54, 1.807) is 11.3 Å². The van der Waals surface area contributed by atoms with Crippen molar-refractivity contribution in [3.63, 3.8) is 0 Å². The molecule has 0 fully saturated rings. The summed E-state index contributed by atoms with van der Waals surface area (Å²) in [5.74, 6) is 1.02. The first-order valence-electron chi connectivity index (χ1n) is 6.75. The van der Waals surface area contributed by atoms with Crippen molar-refractivity contribution >= 4 is 11.3 Å². The summed E-state index contributed by atoms with van der Waals surface area (Å²) >= 11 is 1.64. The van der Waals surface area contributed by atoms with Gasteiger partial charge in [0.1, 0.15) is 17.4 Å². The van der Waals surface area contributed by atoms with E-state index in [-0.39, 0.29) is 0 Å². The summed E-state index contributed by atoms with van der Waals surface area (Å²) < 4.78 is 5.94. The number of thiazole rings is 1. The van der Waals surface area contributed by atoms with Crippen molar-refractivity contribution in [3.05, 3.63) is 45.9 Å². The highest BCUT2D eigenvalue weighted by Gasteiger charge is 2.24. The van der Waals surface area contributed by atoms with E-state index in [4.69, 9.17) is 4.74 Å². The molecule has 100 valence electrons. The van der Waals surface area contributed by atoms with Crippen LogP contribution >= 0.6 is 11.3 Å². The minimum Gasteiger partial charge on any atom is -0.486 e. The van der Waals surface area contributed by atoms with E-state index in [0.717, 1.165) is 23.7 Å². The molecular formula is C15H18N2OS. The summed E-state index contributed by atoms with van der Waals surface area (Å²) in [6.07, 6.45) is 4.09. The van der Waals surface area contributed by atoms with Crippen LogP contribution < -0.4 is 10.1 Å². The molecule has 19 heavy (non-hydrogen) atoms. The van der Waals surface area contributed by atoms with Crippen LogP contribution in [0.4, 0.5) is 0 Å². The summed E-state index contributed by atoms with van der Waals surface area (Å²) in [7, 11) is 0. The number of fused-ring (bicyclic) bond motifs is 1. The van der Waals surface area contributed by atoms with Crippen LogP contribution in [0.5, 0.6) is 5.75 Å². The zero-order valence-electron chi connectivity index (χ0n) is 11.1. The topological polar surface area (TPSA) is 34.1 Å². The fraction of sp³-hybridized carbons (Fsp3) is 0.400. The van der Waals surface area contributed by atoms with E-state index in [1.807, 2.05) is 11.6 Å². The summed E-state index contributed by atoms with van der Waals surface area (Å²) in [4.78, 5) is 4.25. The van der Waals surface area contributed by atoms with Gasteiger partial charge in [0.15, 0.2) is 0 Å². The van der Waals surface area contributed by atoms with Crippen molar-refractivity contribution in [2.45, 2.75) is 32.4 Å². The second-order valence-electron chi connectivity index (χ2n) is 4.69. The normalized spacial score (nSPS) is 17.4. The Kier molecular flexibility index (Phi) is 3.80. The van der Waals surface area contributed by atoms with Crippen LogP contribution in [0.15, 0.2) is 29.8 Å². The summed E-state index contributed by atoms with van der Waals surface area (Å²) in [6, 6.07) is 6.86. The number of nitrogens with zero attached hydrogens (tertiary/aromatic N) is 1. The van der Waals surface area contributed by atoms with Crippen LogP contribution in [0.1, 0.15) is 35.5 Å². The molecule has 3 nitrogen and oxygen atoms in total. The van der Waals surface area contributed by atoms with Crippen LogP contribution in [0.3, 0.4) is 0 Å². The molecule has 1 N–H and O–H groups in total. The molecule has 1 aliphatic carbocycles. The molecule has 4 heteroatoms. The lowest BCUT2D eigenvalue weighted by molar-refractivity contribution is 0.302. The average molecular weight is 274 g/mol. The Morgan fingerprint density at radius 3 is 3.21 bits per heavy atom. The first-order valence-corrected chi connectivity index (χ1v) is 7.62. The fourth-order valence-electron chi connectivity index (χ4n) is 2.68. The maximum Gasteiger partial charge on any atom is 0.140 e. The zero-order chi connectivity index (χ0) is 13.1. The van der Waals surface area contributed by atoms with Crippen LogP contribution in [0, 0.1) is 0 Å². The molecule has 1 aromatic heterocycles. The van der Waals surface area contributed by atoms with Gasteiger partial charge in [0.25, 0.3) is 0 Å². The van der Waals surface area contributed by atoms with E-state index >= 15 is 0 Å². The van der Waals surface area contributed by atoms with Crippen LogP contribution in [0.2, 0.25) is 0 Å². The van der Waals surface area contributed by atoms with Crippen molar-refractivity contribution in [1.82, 2.24) is 10.3 Å². The third-order valence-electron chi connectivity index (χ3n) is 3.51. The molecular weight excluding hydrogens is 256 g/mol. The monoisotopic (exact) mass is 274 g/mol. The molecule has 0 radical (unpaired) electrons. The van der Waals surface area contributed by atoms with E-state index in [0.29, 0.717) is 12.6 Å². The molecule has 0 aliphatic heterocycles. The quantitative estimate of drug-likeness (QED) is 0.908. The number of rotatable bonds is 5. The molecule has 1 heterocycles. The lowest BCUT2D eigenvalue weighted by Crippen LogP contribution is -2.18. The third-order valence-corrected chi connectivity index (χ3v) is 4.27. The highest BCUT2D eigenvalue weighted by Crippen LogP contribution is 2.37. The molecule has 1 aliphatic rings. The Labute approximate surface area is 117 Å². The van der Waals surface area contributed by atoms with E-state index < -0.39 is 0 Å². The highest BCUT2D eigenvalue weighted by molar-refractivity contribution is 7.09. The molecule has 1 atom stereocenters. The van der Waals surface area contributed by atoms with Gasteiger partial charge in [-0.1, -0.05) is 19.1 Å². The summed E-state index contributed by atoms with van der Waals surface area (Å²) in [6.45, 7) is 3.73. The molecule has 0 saturated heterocycles. The molecule has 1 aromatic carbocycles. The fourth-order valence-corrected chi connectivity index (χ4v) is 3.21. The Hall–Kier alpha value is -1.39. The number of nitrogens with one attached hydrogen (secondary N) is 1. The second-order valence-corrected chi connectivity index (χ2v) is 5.67. The Balaban J connectivity index is 1.76. The highest BCUT2D eigenvalue weighted by atomic mass is 32.1. The van der Waals surface area contributed by atoms with Gasteiger partial charge in [-0.15, -0.1) is 11.3 Å². The third kappa shape index (κ3) is 2.65. The van der Waals surface area contributed by atoms with Crippen molar-refractivity contribution < 1.29 is 4.74 Å². The van der Waals surface area contributed by atoms with Gasteiger partial charge in [-0.25, -0.2) is 4.98 Å². The van der Waals surface area contributed by atoms with E-state index in [2.05, 4.69) is 35.4 Å². The van der Waals surface area contributed by atoms with Crippen molar-refractivity contribution in [2.75, 3.05) is 6.54 Å². The zero-order valence-corrected chi connectivity index (χ0v) is 11.9. The molecule has 3 rings (SSSR count). The minimum atomic E-state index is 0.489. The number of ether oxygens (including phenoxy) is 1. The van der Waals surface area contributed by atoms with Gasteiger partial charge < -0.3 is 10.1 Å². The van der Waals surface area contributed by atoms with Gasteiger partial charge >= 0.3 is 0 Å². The predicted molar refractivity (Wildman–Crippen MR) is 77.6 cm³/mol. The standard InChI is InChI=1S/C15H18N2OS/c1-2-16-13-7-6-12-11(13)4-3-5-14(12)18-10-15-17-8-9-19-15/h3-5,8-9,13,16H,2,6-7,10H2,1H3. The average Bonchev–Trinajstić information content (AvgIpc) is 3.07. The van der Waals surface area contributed by atoms with Gasteiger partial charge in [0, 0.05) is 17.6 Å². The molecule has 0 bridgehead atoms. The molecule has 0 spiro atoms. The molecule has 0 saturated carbocycles. The van der Waals surface area contributed by atoms with E-state index in [9.17, 15) is 0 Å². The van der Waals surface area contributed by atoms with E-state index in [1.165, 1.54) is 17.5 Å². The first-order chi connectivity index (χ1) is 9.38. The van der Waals surface area contributed by atoms with Crippen molar-refractivity contribution in [1.29, 1.82) is 0 Å². The Morgan fingerprint density at radius 2 is 2.42 bits per heavy atom. The van der Waals surface area contributed by atoms with Crippen molar-refractivity contribution in [2.24, 2.45) is 0 Å². The predicted octanol–water partition coefficient (Wildman–Crippen LogP) is 3.32. The SMILES string of the molecule is CCNC1CCc2c(OCc3nccs3)cccc21. The Morgan fingerprint density at radius 1 is 1.47 bits per heavy atom. The molecule has 2 aromatic rings. The van der Waals surface area contributed by atoms with Crippen LogP contribution in [-0.4, -0.2) is 11.5 Å². The largest absolute Gasteiger partial charge is 0.486 e. The first kappa shape index (κ1) is 12.6. The Bertz CT molecular complexity index is 539. The second kappa shape index (κ2) is 5.72. The molecule has 0 amide bonds. The number of hydrogen-bond donors (Lipinski definition) is 1. The van der Waals surface area contributed by atoms with Gasteiger partial charge in [-0.05, 0) is 36.6 Å². The molecule has 1 unspecified atom stereocenters. The van der Waals surface area contributed by atoms with Crippen molar-refractivity contribution in [3.8, 4) is 5.75 Å². The lowest BCUT2D eigenvalue weighted by Gasteiger charge is -2.13. The summed E-state index contributed by atoms with van der Waals surface area (Å²) in [5, 5.41) is 6.54. The van der Waals surface area contributed by atoms with Crippen LogP contribution in [-0.2, 0) is 13.0 Å². The minimum absolute atomic E-state index is 0.489. The summed E-state index contributed by atoms with van der Waals surface area (Å²) in [5.41, 5.74) is 2.77. The van der Waals surface area contributed by atoms with Crippen LogP contribution in [0.25, 0.3) is 0 Å². The lowest BCUT2D eigenvalue weighted by atomic mass is 10.1. The van der Waals surface area contributed by atoms with Gasteiger partial charge in [-0.2, -0.15) is 0 Å². The number of benzene rings is 1. The van der Waals surface area contributed by atoms with Gasteiger partial charge in [0.05, 0.1) is 0 Å². The van der Waals surface area contributed by atoms with Gasteiger partial charge in [0.2, 0.25) is 0 Å². The number of aromatic nitrogens is 1. The maximum absolute atomic E-state index is 5.94. The number of hydrogen-bond acceptors (Lipinski definition) is 4. The maximum atomic E-state index is 5.94. The van der Waals surface area contributed by atoms with Gasteiger partial charge in [-0.3, -0.25) is 0 Å². The smallest absolute Gasteiger partial charge is 0.140 e.